The van der Waals surface area contributed by atoms with Crippen molar-refractivity contribution in [3.05, 3.63) is 29.6 Å². The number of nitrogens with one attached hydrogen (secondary N) is 1. The quantitative estimate of drug-likeness (QED) is 0.927. The highest BCUT2D eigenvalue weighted by molar-refractivity contribution is 7.89. The van der Waals surface area contributed by atoms with Gasteiger partial charge in [-0.1, -0.05) is 19.9 Å². The molecule has 1 fully saturated rings. The highest BCUT2D eigenvalue weighted by Gasteiger charge is 2.33. The SMILES string of the molecule is CNCc1ccc(F)cc1S(=O)(=O)N1CCC(C)C(C)C1. The van der Waals surface area contributed by atoms with Crippen LogP contribution in [0.5, 0.6) is 0 Å². The Morgan fingerprint density at radius 1 is 1.33 bits per heavy atom. The van der Waals surface area contributed by atoms with Crippen LogP contribution < -0.4 is 5.32 Å². The molecule has 1 heterocycles. The van der Waals surface area contributed by atoms with Gasteiger partial charge in [-0.25, -0.2) is 12.8 Å². The maximum atomic E-state index is 13.5. The Bertz CT molecular complexity index is 604. The summed E-state index contributed by atoms with van der Waals surface area (Å²) in [6.45, 7) is 5.60. The van der Waals surface area contributed by atoms with Crippen molar-refractivity contribution in [2.24, 2.45) is 11.8 Å². The van der Waals surface area contributed by atoms with E-state index in [2.05, 4.69) is 19.2 Å². The molecule has 2 unspecified atom stereocenters. The van der Waals surface area contributed by atoms with Crippen molar-refractivity contribution in [3.63, 3.8) is 0 Å². The van der Waals surface area contributed by atoms with Crippen LogP contribution >= 0.6 is 0 Å². The fourth-order valence-corrected chi connectivity index (χ4v) is 4.48. The third-order valence-corrected chi connectivity index (χ3v) is 6.26. The number of benzene rings is 1. The number of halogens is 1. The van der Waals surface area contributed by atoms with Gasteiger partial charge in [-0.2, -0.15) is 4.31 Å². The van der Waals surface area contributed by atoms with Crippen molar-refractivity contribution in [2.45, 2.75) is 31.7 Å². The minimum absolute atomic E-state index is 0.0820. The van der Waals surface area contributed by atoms with Crippen molar-refractivity contribution in [3.8, 4) is 0 Å². The fourth-order valence-electron chi connectivity index (χ4n) is 2.69. The van der Waals surface area contributed by atoms with E-state index in [-0.39, 0.29) is 4.90 Å². The smallest absolute Gasteiger partial charge is 0.243 e. The molecule has 1 aliphatic rings. The topological polar surface area (TPSA) is 49.4 Å². The molecular formula is C15H23FN2O2S. The van der Waals surface area contributed by atoms with E-state index in [1.54, 1.807) is 7.05 Å². The van der Waals surface area contributed by atoms with Gasteiger partial charge in [-0.3, -0.25) is 0 Å². The lowest BCUT2D eigenvalue weighted by atomic mass is 9.90. The van der Waals surface area contributed by atoms with E-state index >= 15 is 0 Å². The molecule has 1 aromatic rings. The molecule has 0 saturated carbocycles. The average Bonchev–Trinajstić information content (AvgIpc) is 2.44. The van der Waals surface area contributed by atoms with Crippen molar-refractivity contribution in [2.75, 3.05) is 20.1 Å². The first-order valence-corrected chi connectivity index (χ1v) is 8.73. The second-order valence-corrected chi connectivity index (χ2v) is 7.80. The van der Waals surface area contributed by atoms with Crippen LogP contribution in [-0.2, 0) is 16.6 Å². The minimum atomic E-state index is -3.64. The zero-order chi connectivity index (χ0) is 15.6. The second kappa shape index (κ2) is 6.42. The summed E-state index contributed by atoms with van der Waals surface area (Å²) in [4.78, 5) is 0.0820. The van der Waals surface area contributed by atoms with Crippen LogP contribution in [0.3, 0.4) is 0 Å². The van der Waals surface area contributed by atoms with Gasteiger partial charge in [0.2, 0.25) is 10.0 Å². The summed E-state index contributed by atoms with van der Waals surface area (Å²) >= 11 is 0. The predicted octanol–water partition coefficient (Wildman–Crippen LogP) is 2.21. The third-order valence-electron chi connectivity index (χ3n) is 4.31. The second-order valence-electron chi connectivity index (χ2n) is 5.89. The Morgan fingerprint density at radius 2 is 2.05 bits per heavy atom. The van der Waals surface area contributed by atoms with Crippen LogP contribution in [0.15, 0.2) is 23.1 Å². The van der Waals surface area contributed by atoms with E-state index < -0.39 is 15.8 Å². The number of sulfonamides is 1. The summed E-state index contributed by atoms with van der Waals surface area (Å²) in [5.41, 5.74) is 0.602. The standard InChI is InChI=1S/C15H23FN2O2S/c1-11-6-7-18(10-12(11)2)21(19,20)15-8-14(16)5-4-13(15)9-17-3/h4-5,8,11-12,17H,6-7,9-10H2,1-3H3. The summed E-state index contributed by atoms with van der Waals surface area (Å²) in [6, 6.07) is 3.96. The lowest BCUT2D eigenvalue weighted by molar-refractivity contribution is 0.212. The van der Waals surface area contributed by atoms with E-state index in [0.29, 0.717) is 37.0 Å². The average molecular weight is 314 g/mol. The molecule has 0 radical (unpaired) electrons. The molecule has 1 aromatic carbocycles. The van der Waals surface area contributed by atoms with Gasteiger partial charge in [-0.05, 0) is 43.0 Å². The lowest BCUT2D eigenvalue weighted by Gasteiger charge is -2.34. The number of hydrogen-bond acceptors (Lipinski definition) is 3. The molecule has 21 heavy (non-hydrogen) atoms. The predicted molar refractivity (Wildman–Crippen MR) is 80.9 cm³/mol. The summed E-state index contributed by atoms with van der Waals surface area (Å²) in [7, 11) is -1.90. The van der Waals surface area contributed by atoms with E-state index in [1.807, 2.05) is 0 Å². The van der Waals surface area contributed by atoms with Crippen molar-refractivity contribution >= 4 is 10.0 Å². The molecule has 6 heteroatoms. The van der Waals surface area contributed by atoms with E-state index in [0.717, 1.165) is 12.5 Å². The van der Waals surface area contributed by atoms with Gasteiger partial charge in [0.05, 0.1) is 4.90 Å². The zero-order valence-electron chi connectivity index (χ0n) is 12.8. The Kier molecular flexibility index (Phi) is 5.01. The molecule has 1 N–H and O–H groups in total. The Morgan fingerprint density at radius 3 is 2.67 bits per heavy atom. The van der Waals surface area contributed by atoms with E-state index in [9.17, 15) is 12.8 Å². The minimum Gasteiger partial charge on any atom is -0.316 e. The molecular weight excluding hydrogens is 291 g/mol. The van der Waals surface area contributed by atoms with E-state index in [1.165, 1.54) is 16.4 Å². The lowest BCUT2D eigenvalue weighted by Crippen LogP contribution is -2.42. The fraction of sp³-hybridized carbons (Fsp3) is 0.600. The molecule has 0 spiro atoms. The molecule has 0 amide bonds. The Labute approximate surface area is 126 Å². The molecule has 0 bridgehead atoms. The van der Waals surface area contributed by atoms with Gasteiger partial charge in [0.15, 0.2) is 0 Å². The molecule has 1 aliphatic heterocycles. The molecule has 0 aliphatic carbocycles. The van der Waals surface area contributed by atoms with Gasteiger partial charge >= 0.3 is 0 Å². The number of nitrogens with zero attached hydrogens (tertiary/aromatic N) is 1. The van der Waals surface area contributed by atoms with Crippen LogP contribution in [0.1, 0.15) is 25.8 Å². The summed E-state index contributed by atoms with van der Waals surface area (Å²) in [6.07, 6.45) is 0.844. The zero-order valence-corrected chi connectivity index (χ0v) is 13.6. The normalized spacial score (nSPS) is 24.2. The first-order valence-electron chi connectivity index (χ1n) is 7.29. The van der Waals surface area contributed by atoms with Crippen molar-refractivity contribution in [1.29, 1.82) is 0 Å². The molecule has 118 valence electrons. The molecule has 1 saturated heterocycles. The molecule has 0 aromatic heterocycles. The Hall–Kier alpha value is -0.980. The van der Waals surface area contributed by atoms with Crippen LogP contribution in [0, 0.1) is 17.7 Å². The number of hydrogen-bond donors (Lipinski definition) is 1. The highest BCUT2D eigenvalue weighted by Crippen LogP contribution is 2.29. The maximum absolute atomic E-state index is 13.5. The monoisotopic (exact) mass is 314 g/mol. The van der Waals surface area contributed by atoms with Gasteiger partial charge in [-0.15, -0.1) is 0 Å². The largest absolute Gasteiger partial charge is 0.316 e. The van der Waals surface area contributed by atoms with Gasteiger partial charge in [0.25, 0.3) is 0 Å². The first-order chi connectivity index (χ1) is 9.86. The highest BCUT2D eigenvalue weighted by atomic mass is 32.2. The van der Waals surface area contributed by atoms with Crippen LogP contribution in [0.25, 0.3) is 0 Å². The van der Waals surface area contributed by atoms with Crippen LogP contribution in [0.2, 0.25) is 0 Å². The summed E-state index contributed by atoms with van der Waals surface area (Å²) in [5.74, 6) is 0.308. The summed E-state index contributed by atoms with van der Waals surface area (Å²) in [5, 5.41) is 2.93. The van der Waals surface area contributed by atoms with Gasteiger partial charge < -0.3 is 5.32 Å². The first kappa shape index (κ1) is 16.4. The van der Waals surface area contributed by atoms with Crippen LogP contribution in [0.4, 0.5) is 4.39 Å². The molecule has 2 rings (SSSR count). The number of piperidine rings is 1. The number of rotatable bonds is 4. The maximum Gasteiger partial charge on any atom is 0.243 e. The van der Waals surface area contributed by atoms with Gasteiger partial charge in [0, 0.05) is 19.6 Å². The van der Waals surface area contributed by atoms with Crippen molar-refractivity contribution < 1.29 is 12.8 Å². The van der Waals surface area contributed by atoms with Crippen molar-refractivity contribution in [1.82, 2.24) is 9.62 Å². The Balaban J connectivity index is 2.37. The molecule has 4 nitrogen and oxygen atoms in total. The van der Waals surface area contributed by atoms with E-state index in [4.69, 9.17) is 0 Å². The summed E-state index contributed by atoms with van der Waals surface area (Å²) < 4.78 is 40.6. The van der Waals surface area contributed by atoms with Crippen LogP contribution in [-0.4, -0.2) is 32.9 Å². The third kappa shape index (κ3) is 3.44. The van der Waals surface area contributed by atoms with Gasteiger partial charge in [0.1, 0.15) is 5.82 Å². The molecule has 2 atom stereocenters.